The number of hydrogen-bond acceptors (Lipinski definition) is 2. The average Bonchev–Trinajstić information content (AvgIpc) is 2.64. The zero-order chi connectivity index (χ0) is 23.4. The van der Waals surface area contributed by atoms with E-state index >= 15 is 0 Å². The van der Waals surface area contributed by atoms with Gasteiger partial charge < -0.3 is 0 Å². The first-order valence-electron chi connectivity index (χ1n) is 11.4. The molecule has 4 heteroatoms. The van der Waals surface area contributed by atoms with Gasteiger partial charge in [-0.1, -0.05) is 0 Å². The summed E-state index contributed by atoms with van der Waals surface area (Å²) in [5.41, 5.74) is 7.03. The van der Waals surface area contributed by atoms with E-state index in [0.717, 1.165) is 5.75 Å². The summed E-state index contributed by atoms with van der Waals surface area (Å²) in [5, 5.41) is 2.58. The molecule has 0 aliphatic heterocycles. The summed E-state index contributed by atoms with van der Waals surface area (Å²) in [6.45, 7) is 21.6. The van der Waals surface area contributed by atoms with Crippen LogP contribution in [0.2, 0.25) is 20.1 Å². The van der Waals surface area contributed by atoms with Crippen molar-refractivity contribution >= 4 is 43.6 Å². The monoisotopic (exact) mass is 544 g/mol. The van der Waals surface area contributed by atoms with E-state index in [1.807, 2.05) is 0 Å². The molecule has 0 N–H and O–H groups in total. The fourth-order valence-electron chi connectivity index (χ4n) is 4.83. The van der Waals surface area contributed by atoms with Gasteiger partial charge in [-0.25, -0.2) is 0 Å². The molecule has 31 heavy (non-hydrogen) atoms. The van der Waals surface area contributed by atoms with Gasteiger partial charge in [0, 0.05) is 0 Å². The molecule has 2 aromatic rings. The molecule has 0 saturated carbocycles. The Balaban J connectivity index is 2.74. The summed E-state index contributed by atoms with van der Waals surface area (Å²) < 4.78 is 12.8. The molecule has 0 unspecified atom stereocenters. The van der Waals surface area contributed by atoms with Gasteiger partial charge in [0.1, 0.15) is 0 Å². The maximum atomic E-state index is 5.84. The van der Waals surface area contributed by atoms with Crippen molar-refractivity contribution in [3.05, 3.63) is 35.9 Å². The topological polar surface area (TPSA) is 18.5 Å². The Hall–Kier alpha value is -0.964. The van der Waals surface area contributed by atoms with E-state index in [2.05, 4.69) is 104 Å². The van der Waals surface area contributed by atoms with Crippen LogP contribution in [0.15, 0.2) is 30.3 Å². The molecule has 0 saturated heterocycles. The van der Waals surface area contributed by atoms with Crippen LogP contribution in [0.25, 0.3) is 10.8 Å². The number of rotatable bonds is 7. The van der Waals surface area contributed by atoms with Crippen LogP contribution in [0.1, 0.15) is 67.9 Å². The standard InChI is InChI=1S/C23H31O2Si.C4H9.Sn/c1-17(2)26(18(3)4,19(5)6)14-13-20-9-8-10-21-15-22(25-16-24-7)11-12-23(20)21;1-4(2)3;/h8-11,15,17-19H,16H2,1-7H3;1-3H3;. The summed E-state index contributed by atoms with van der Waals surface area (Å²) in [5.74, 6) is 4.63. The van der Waals surface area contributed by atoms with Crippen LogP contribution < -0.4 is 8.32 Å². The van der Waals surface area contributed by atoms with Crippen molar-refractivity contribution in [2.45, 2.75) is 82.4 Å². The third kappa shape index (κ3) is 6.30. The minimum absolute atomic E-state index is 0.274. The van der Waals surface area contributed by atoms with Gasteiger partial charge in [-0.15, -0.1) is 0 Å². The van der Waals surface area contributed by atoms with Gasteiger partial charge in [0.15, 0.2) is 0 Å². The quantitative estimate of drug-likeness (QED) is 0.214. The van der Waals surface area contributed by atoms with Crippen LogP contribution in [0.4, 0.5) is 0 Å². The zero-order valence-corrected chi connectivity index (χ0v) is 25.0. The van der Waals surface area contributed by atoms with Gasteiger partial charge in [-0.2, -0.15) is 0 Å². The SMILES string of the molecule is COCOc1c[c]([Sn][C](C)(C)C)c2c(C#C[Si](C(C)C)(C(C)C)C(C)C)cccc2c1. The Bertz CT molecular complexity index is 924. The Morgan fingerprint density at radius 1 is 0.968 bits per heavy atom. The van der Waals surface area contributed by atoms with Crippen molar-refractivity contribution in [1.29, 1.82) is 0 Å². The van der Waals surface area contributed by atoms with Crippen LogP contribution in [0.3, 0.4) is 0 Å². The Morgan fingerprint density at radius 3 is 2.10 bits per heavy atom. The van der Waals surface area contributed by atoms with E-state index in [1.165, 1.54) is 19.9 Å². The van der Waals surface area contributed by atoms with E-state index in [9.17, 15) is 0 Å². The van der Waals surface area contributed by atoms with Gasteiger partial charge >= 0.3 is 202 Å². The van der Waals surface area contributed by atoms with Gasteiger partial charge in [-0.05, 0) is 0 Å². The van der Waals surface area contributed by atoms with E-state index < -0.39 is 29.2 Å². The summed E-state index contributed by atoms with van der Waals surface area (Å²) in [6.07, 6.45) is 0. The summed E-state index contributed by atoms with van der Waals surface area (Å²) in [6, 6.07) is 11.0. The molecule has 2 rings (SSSR count). The van der Waals surface area contributed by atoms with Crippen LogP contribution in [-0.2, 0) is 4.74 Å². The normalized spacial score (nSPS) is 12.5. The van der Waals surface area contributed by atoms with Crippen LogP contribution >= 0.6 is 0 Å². The van der Waals surface area contributed by atoms with Crippen molar-refractivity contribution in [3.8, 4) is 17.2 Å². The number of fused-ring (bicyclic) bond motifs is 1. The Morgan fingerprint density at radius 2 is 1.58 bits per heavy atom. The van der Waals surface area contributed by atoms with E-state index in [4.69, 9.17) is 9.47 Å². The summed E-state index contributed by atoms with van der Waals surface area (Å²) >= 11 is -0.873. The second-order valence-electron chi connectivity index (χ2n) is 10.4. The van der Waals surface area contributed by atoms with Crippen molar-refractivity contribution in [2.75, 3.05) is 13.9 Å². The van der Waals surface area contributed by atoms with Crippen LogP contribution in [-0.4, -0.2) is 43.1 Å². The first-order chi connectivity index (χ1) is 14.4. The number of benzene rings is 2. The first-order valence-corrected chi connectivity index (χ1v) is 16.5. The third-order valence-electron chi connectivity index (χ3n) is 6.08. The van der Waals surface area contributed by atoms with Crippen molar-refractivity contribution in [2.24, 2.45) is 0 Å². The molecule has 2 aromatic carbocycles. The molecule has 168 valence electrons. The number of hydrogen-bond donors (Lipinski definition) is 0. The van der Waals surface area contributed by atoms with E-state index in [1.54, 1.807) is 7.11 Å². The molecule has 0 atom stereocenters. The maximum absolute atomic E-state index is 5.84. The van der Waals surface area contributed by atoms with Crippen molar-refractivity contribution in [1.82, 2.24) is 0 Å². The molecule has 0 bridgehead atoms. The van der Waals surface area contributed by atoms with Crippen molar-refractivity contribution in [3.63, 3.8) is 0 Å². The van der Waals surface area contributed by atoms with Crippen LogP contribution in [0.5, 0.6) is 5.75 Å². The van der Waals surface area contributed by atoms with Gasteiger partial charge in [0.2, 0.25) is 0 Å². The Labute approximate surface area is 201 Å². The van der Waals surface area contributed by atoms with Gasteiger partial charge in [0.05, 0.1) is 0 Å². The minimum atomic E-state index is -1.78. The molecular weight excluding hydrogens is 503 g/mol. The molecule has 2 nitrogen and oxygen atoms in total. The zero-order valence-electron chi connectivity index (χ0n) is 21.1. The molecule has 0 amide bonds. The average molecular weight is 543 g/mol. The van der Waals surface area contributed by atoms with Gasteiger partial charge in [0.25, 0.3) is 0 Å². The number of methoxy groups -OCH3 is 1. The molecule has 0 spiro atoms. The molecule has 0 fully saturated rings. The molecule has 0 aliphatic carbocycles. The second kappa shape index (κ2) is 10.8. The predicted molar refractivity (Wildman–Crippen MR) is 139 cm³/mol. The van der Waals surface area contributed by atoms with Crippen molar-refractivity contribution < 1.29 is 9.47 Å². The first kappa shape index (κ1) is 26.3. The summed E-state index contributed by atoms with van der Waals surface area (Å²) in [7, 11) is -0.116. The molecular formula is C27H40O2SiSn. The van der Waals surface area contributed by atoms with Gasteiger partial charge in [-0.3, -0.25) is 0 Å². The van der Waals surface area contributed by atoms with E-state index in [-0.39, 0.29) is 6.79 Å². The Kier molecular flexibility index (Phi) is 9.13. The predicted octanol–water partition coefficient (Wildman–Crippen LogP) is 6.94. The number of ether oxygens (including phenoxy) is 2. The van der Waals surface area contributed by atoms with Crippen LogP contribution in [0, 0.1) is 11.5 Å². The molecule has 0 aliphatic rings. The fraction of sp³-hybridized carbons (Fsp3) is 0.556. The fourth-order valence-corrected chi connectivity index (χ4v) is 14.1. The molecule has 2 radical (unpaired) electrons. The van der Waals surface area contributed by atoms with E-state index in [0.29, 0.717) is 20.1 Å². The third-order valence-corrected chi connectivity index (χ3v) is 16.4. The molecule has 0 aromatic heterocycles. The molecule has 0 heterocycles. The summed E-state index contributed by atoms with van der Waals surface area (Å²) in [4.78, 5) is 0. The second-order valence-corrected chi connectivity index (χ2v) is 22.6.